The highest BCUT2D eigenvalue weighted by atomic mass is 16.5. The van der Waals surface area contributed by atoms with E-state index in [-0.39, 0.29) is 84.9 Å². The number of hydrogen-bond acceptors (Lipinski definition) is 2. The maximum absolute atomic E-state index is 9.87. The molecule has 0 bridgehead atoms. The van der Waals surface area contributed by atoms with E-state index in [1.165, 1.54) is 47.4 Å². The topological polar surface area (TPSA) is 22.3 Å². The molecule has 0 radical (unpaired) electrons. The fourth-order valence-corrected chi connectivity index (χ4v) is 11.5. The van der Waals surface area contributed by atoms with Crippen LogP contribution in [0.5, 0.6) is 5.75 Å². The lowest BCUT2D eigenvalue weighted by Gasteiger charge is -2.46. The van der Waals surface area contributed by atoms with Crippen molar-refractivity contribution < 1.29 is 54.1 Å². The first-order chi connectivity index (χ1) is 53.1. The van der Waals surface area contributed by atoms with Crippen LogP contribution in [0.15, 0.2) is 282 Å². The third kappa shape index (κ3) is 6.80. The predicted octanol–water partition coefficient (Wildman–Crippen LogP) is 17.8. The zero-order valence-corrected chi connectivity index (χ0v) is 39.6. The van der Waals surface area contributed by atoms with Gasteiger partial charge in [0.2, 0.25) is 0 Å². The Balaban J connectivity index is 1.17. The predicted molar refractivity (Wildman–Crippen MR) is 322 cm³/mol. The van der Waals surface area contributed by atoms with Gasteiger partial charge in [0, 0.05) is 67.2 Å². The van der Waals surface area contributed by atoms with Crippen LogP contribution in [0.2, 0.25) is 0 Å². The highest BCUT2D eigenvalue weighted by molar-refractivity contribution is 6.90. The molecule has 0 spiro atoms. The molecular formula is C72H50BN3O. The van der Waals surface area contributed by atoms with Gasteiger partial charge in [-0.1, -0.05) is 218 Å². The molecule has 1 unspecified atom stereocenters. The van der Waals surface area contributed by atoms with Crippen LogP contribution in [0.4, 0.5) is 11.4 Å². The fraction of sp³-hybridized carbons (Fsp3) is 0.0556. The molecule has 4 nitrogen and oxygen atoms in total. The number of allylic oxidation sites excluding steroid dienone is 8. The second-order valence-corrected chi connectivity index (χ2v) is 18.3. The van der Waals surface area contributed by atoms with Crippen LogP contribution in [0, 0.1) is 0 Å². The smallest absolute Gasteiger partial charge is 0.255 e. The summed E-state index contributed by atoms with van der Waals surface area (Å²) < 4.78 is 344. The van der Waals surface area contributed by atoms with Gasteiger partial charge in [0.05, 0.1) is 72.1 Å². The molecule has 0 fully saturated rings. The van der Waals surface area contributed by atoms with Crippen molar-refractivity contribution in [2.75, 3.05) is 4.90 Å². The highest BCUT2D eigenvalue weighted by Crippen LogP contribution is 2.55. The van der Waals surface area contributed by atoms with E-state index in [0.717, 1.165) is 9.13 Å². The Morgan fingerprint density at radius 1 is 0.468 bits per heavy atom. The second kappa shape index (κ2) is 17.5. The number of para-hydroxylation sites is 5. The Morgan fingerprint density at radius 2 is 0.961 bits per heavy atom. The molecule has 0 amide bonds. The van der Waals surface area contributed by atoms with Gasteiger partial charge in [-0.05, 0) is 105 Å². The zero-order valence-electron chi connectivity index (χ0n) is 75.6. The van der Waals surface area contributed by atoms with Gasteiger partial charge in [-0.3, -0.25) is 0 Å². The minimum absolute atomic E-state index is 0.00206. The van der Waals surface area contributed by atoms with Crippen LogP contribution in [0.3, 0.4) is 0 Å². The van der Waals surface area contributed by atoms with Crippen LogP contribution >= 0.6 is 0 Å². The number of aromatic nitrogens is 2. The molecule has 2 aliphatic carbocycles. The van der Waals surface area contributed by atoms with E-state index in [1.807, 2.05) is 0 Å². The summed E-state index contributed by atoms with van der Waals surface area (Å²) in [7, 11) is 0. The Bertz CT molecular complexity index is 6370. The summed E-state index contributed by atoms with van der Waals surface area (Å²) in [5.74, 6) is -0.703. The van der Waals surface area contributed by atoms with Crippen molar-refractivity contribution in [1.29, 1.82) is 0 Å². The van der Waals surface area contributed by atoms with Gasteiger partial charge in [0.1, 0.15) is 11.5 Å². The van der Waals surface area contributed by atoms with Crippen molar-refractivity contribution in [3.8, 4) is 39.1 Å². The third-order valence-electron chi connectivity index (χ3n) is 14.5. The van der Waals surface area contributed by atoms with E-state index in [0.29, 0.717) is 0 Å². The van der Waals surface area contributed by atoms with Gasteiger partial charge in [-0.2, -0.15) is 0 Å². The maximum atomic E-state index is 9.87. The van der Waals surface area contributed by atoms with Gasteiger partial charge < -0.3 is 18.8 Å². The van der Waals surface area contributed by atoms with Crippen molar-refractivity contribution >= 4 is 78.4 Å². The second-order valence-electron chi connectivity index (χ2n) is 18.3. The van der Waals surface area contributed by atoms with Gasteiger partial charge >= 0.3 is 0 Å². The molecule has 2 aliphatic heterocycles. The first-order valence-electron chi connectivity index (χ1n) is 42.1. The molecule has 0 saturated heterocycles. The minimum atomic E-state index is -1.86. The molecule has 0 saturated carbocycles. The Morgan fingerprint density at radius 3 is 1.53 bits per heavy atom. The van der Waals surface area contributed by atoms with Crippen molar-refractivity contribution in [1.82, 2.24) is 9.13 Å². The number of fused-ring (bicyclic) bond motifs is 8. The van der Waals surface area contributed by atoms with Gasteiger partial charge in [0.15, 0.2) is 0 Å². The largest absolute Gasteiger partial charge is 0.460 e. The molecule has 12 aromatic rings. The van der Waals surface area contributed by atoms with Crippen LogP contribution in [-0.2, 0) is 0 Å². The highest BCUT2D eigenvalue weighted by Gasteiger charge is 2.48. The maximum Gasteiger partial charge on any atom is 0.255 e. The van der Waals surface area contributed by atoms with Crippen molar-refractivity contribution in [3.63, 3.8) is 0 Å². The van der Waals surface area contributed by atoms with Gasteiger partial charge in [-0.25, -0.2) is 0 Å². The Labute approximate surface area is 498 Å². The van der Waals surface area contributed by atoms with Crippen LogP contribution in [0.25, 0.3) is 88.3 Å². The number of rotatable bonds is 7. The lowest BCUT2D eigenvalue weighted by atomic mass is 9.32. The lowest BCUT2D eigenvalue weighted by molar-refractivity contribution is 0.346. The number of anilines is 2. The molecule has 4 aliphatic rings. The molecule has 10 aromatic carbocycles. The van der Waals surface area contributed by atoms with Crippen LogP contribution in [0.1, 0.15) is 80.2 Å². The normalized spacial score (nSPS) is 22.4. The molecule has 1 atom stereocenters. The minimum Gasteiger partial charge on any atom is -0.460 e. The first kappa shape index (κ1) is 21.2. The summed E-state index contributed by atoms with van der Waals surface area (Å²) in [6, 6.07) is -24.9. The monoisotopic (exact) mass is 1020 g/mol. The first-order valence-corrected chi connectivity index (χ1v) is 24.1. The van der Waals surface area contributed by atoms with E-state index in [2.05, 4.69) is 0 Å². The van der Waals surface area contributed by atoms with Gasteiger partial charge in [0.25, 0.3) is 6.71 Å². The van der Waals surface area contributed by atoms with Crippen molar-refractivity contribution in [2.24, 2.45) is 0 Å². The molecule has 4 heterocycles. The summed E-state index contributed by atoms with van der Waals surface area (Å²) in [5, 5.41) is -1.76. The summed E-state index contributed by atoms with van der Waals surface area (Å²) in [4.78, 5) is 1.42. The van der Waals surface area contributed by atoms with E-state index in [9.17, 15) is 27.4 Å². The van der Waals surface area contributed by atoms with E-state index >= 15 is 0 Å². The molecule has 0 N–H and O–H groups in total. The lowest BCUT2D eigenvalue weighted by Crippen LogP contribution is -2.49. The van der Waals surface area contributed by atoms with Crippen molar-refractivity contribution in [3.05, 3.63) is 288 Å². The summed E-state index contributed by atoms with van der Waals surface area (Å²) in [6.45, 7) is -1.65. The number of hydrogen-bond donors (Lipinski definition) is 0. The molecule has 16 rings (SSSR count). The van der Waals surface area contributed by atoms with Crippen LogP contribution in [-0.4, -0.2) is 15.8 Å². The SMILES string of the molecule is [2H]c1c([2H])c([2H])c(C2=CC3=C(CC2)N(c2c(-c4c([2H])c([2H])c([2H])c([2H])c4[2H])cccc2-c2c([2H])c([2H])c([2H])c([2H])c2[2H])c2cc(-c4c([2H])c([2H])c([2H])c([2H])c4[2H])cc4c2B3C2=C(O4)C(n3c4c([2H])c([2H])c([2H])c([2H])c4c4c([2H])c([2H])c([2H])c([2H])c43)CC(n3c4c([2H])c([2H])c([2H])c([2H])c4c4c([2H])c([2H])c([2H])c([2H])c43)=C2)c([2H])c1[2H]. The summed E-state index contributed by atoms with van der Waals surface area (Å²) in [5.41, 5.74) is -5.73. The average Bonchev–Trinajstić information content (AvgIpc) is 1.44. The fourth-order valence-electron chi connectivity index (χ4n) is 11.5. The van der Waals surface area contributed by atoms with E-state index in [4.69, 9.17) is 26.7 Å². The molecular weight excluding hydrogens is 934 g/mol. The molecule has 2 aromatic heterocycles. The van der Waals surface area contributed by atoms with Crippen LogP contribution < -0.4 is 15.1 Å². The zero-order chi connectivity index (χ0) is 81.9. The summed E-state index contributed by atoms with van der Waals surface area (Å²) in [6.07, 6.45) is 1.40. The Kier molecular flexibility index (Phi) is 4.82. The number of benzene rings is 10. The quantitative estimate of drug-likeness (QED) is 0.148. The van der Waals surface area contributed by atoms with E-state index in [1.54, 1.807) is 0 Å². The van der Waals surface area contributed by atoms with Crippen molar-refractivity contribution in [2.45, 2.75) is 25.3 Å². The molecule has 5 heteroatoms. The molecule has 362 valence electrons. The Hall–Kier alpha value is -9.58. The van der Waals surface area contributed by atoms with E-state index < -0.39 is 303 Å². The summed E-state index contributed by atoms with van der Waals surface area (Å²) >= 11 is 0. The number of nitrogens with zero attached hydrogens (tertiary/aromatic N) is 3. The standard InChI is InChI=1S/C72H50BN3O/c1-5-22-47(23-6-1)51-40-41-66-60(42-51)73-61-45-53(74-62-36-17-13-30-56(62)57-31-14-18-37-63(57)74)46-68(75-64-38-19-15-32-58(64)59-33-16-20-39-65(59)75)72(61)77-69-44-52(48-24-7-2-8-25-48)43-67(70(69)73)76(66)71-54(49-26-9-3-10-27-49)34-21-35-55(71)50-28-11-4-12-29-50/h1-39,42-45,68H,40-41,46H2/i1D,2D,3D,4D,5D,6D,7D,8D,9D,10D,11D,12D,13D,14D,15D,16D,17D,18D,19D,20D,22D,23D,24D,25D,26D,27D,28D,29D,30D,31D,32D,33D,36D,37D,38D,39D. The average molecular weight is 1020 g/mol. The third-order valence-corrected chi connectivity index (χ3v) is 14.5. The number of ether oxygens (including phenoxy) is 1. The van der Waals surface area contributed by atoms with Gasteiger partial charge in [-0.15, -0.1) is 0 Å². The molecule has 77 heavy (non-hydrogen) atoms.